The lowest BCUT2D eigenvalue weighted by Gasteiger charge is -2.21. The zero-order chi connectivity index (χ0) is 14.0. The van der Waals surface area contributed by atoms with Gasteiger partial charge in [0.1, 0.15) is 6.04 Å². The fraction of sp³-hybridized carbons (Fsp3) is 0.429. The van der Waals surface area contributed by atoms with Crippen molar-refractivity contribution < 1.29 is 9.59 Å². The Morgan fingerprint density at radius 2 is 2.00 bits per heavy atom. The molecule has 0 fully saturated rings. The molecule has 3 N–H and O–H groups in total. The minimum atomic E-state index is -0.614. The first kappa shape index (κ1) is 16.5. The van der Waals surface area contributed by atoms with Crippen LogP contribution in [-0.2, 0) is 22.6 Å². The van der Waals surface area contributed by atoms with Crippen LogP contribution in [0.4, 0.5) is 0 Å². The highest BCUT2D eigenvalue weighted by Crippen LogP contribution is 2.18. The molecule has 0 unspecified atom stereocenters. The van der Waals surface area contributed by atoms with E-state index in [1.807, 2.05) is 24.3 Å². The van der Waals surface area contributed by atoms with Crippen LogP contribution in [0.15, 0.2) is 24.3 Å². The molecule has 1 aromatic carbocycles. The van der Waals surface area contributed by atoms with Crippen molar-refractivity contribution in [2.45, 2.75) is 32.0 Å². The molecule has 20 heavy (non-hydrogen) atoms. The number of halogens is 1. The van der Waals surface area contributed by atoms with Crippen LogP contribution in [0.2, 0.25) is 0 Å². The van der Waals surface area contributed by atoms with Crippen molar-refractivity contribution in [1.82, 2.24) is 10.2 Å². The molecule has 0 bridgehead atoms. The zero-order valence-electron chi connectivity index (χ0n) is 11.6. The second kappa shape index (κ2) is 6.72. The molecule has 2 rings (SSSR count). The fourth-order valence-corrected chi connectivity index (χ4v) is 2.23. The second-order valence-electron chi connectivity index (χ2n) is 5.02. The maximum absolute atomic E-state index is 12.2. The number of nitrogens with one attached hydrogen (secondary N) is 1. The van der Waals surface area contributed by atoms with E-state index in [1.165, 1.54) is 0 Å². The first-order valence-electron chi connectivity index (χ1n) is 6.36. The number of carbonyl (C=O) groups excluding carboxylic acids is 2. The predicted molar refractivity (Wildman–Crippen MR) is 79.4 cm³/mol. The van der Waals surface area contributed by atoms with E-state index in [0.29, 0.717) is 13.0 Å². The molecule has 6 heteroatoms. The van der Waals surface area contributed by atoms with Crippen LogP contribution >= 0.6 is 12.4 Å². The third-order valence-electron chi connectivity index (χ3n) is 3.35. The lowest BCUT2D eigenvalue weighted by Crippen LogP contribution is -2.51. The van der Waals surface area contributed by atoms with Gasteiger partial charge in [0.05, 0.1) is 6.04 Å². The Morgan fingerprint density at radius 3 is 2.60 bits per heavy atom. The van der Waals surface area contributed by atoms with Gasteiger partial charge in [-0.15, -0.1) is 12.4 Å². The Labute approximate surface area is 124 Å². The van der Waals surface area contributed by atoms with Crippen molar-refractivity contribution >= 4 is 24.2 Å². The lowest BCUT2D eigenvalue weighted by molar-refractivity contribution is -0.135. The summed E-state index contributed by atoms with van der Waals surface area (Å²) in [6.45, 7) is 2.17. The van der Waals surface area contributed by atoms with Crippen LogP contribution in [0.1, 0.15) is 18.1 Å². The van der Waals surface area contributed by atoms with Crippen molar-refractivity contribution in [3.63, 3.8) is 0 Å². The van der Waals surface area contributed by atoms with Gasteiger partial charge in [-0.25, -0.2) is 0 Å². The predicted octanol–water partition coefficient (Wildman–Crippen LogP) is 0.455. The topological polar surface area (TPSA) is 75.4 Å². The molecular formula is C14H20ClN3O2. The van der Waals surface area contributed by atoms with Gasteiger partial charge in [-0.05, 0) is 18.1 Å². The molecule has 5 nitrogen and oxygen atoms in total. The first-order chi connectivity index (χ1) is 8.99. The number of hydrogen-bond acceptors (Lipinski definition) is 3. The summed E-state index contributed by atoms with van der Waals surface area (Å²) in [6, 6.07) is 6.75. The average Bonchev–Trinajstić information content (AvgIpc) is 2.49. The standard InChI is InChI=1S/C14H19N3O2.ClH/c1-9(15)13(18)16-12-7-10-5-3-4-6-11(10)8-17(2)14(12)19;/h3-6,9,12H,7-8,15H2,1-2H3,(H,16,18);1H/t9-,12-;/m0./s1. The summed E-state index contributed by atoms with van der Waals surface area (Å²) in [5, 5.41) is 2.72. The van der Waals surface area contributed by atoms with Gasteiger partial charge >= 0.3 is 0 Å². The van der Waals surface area contributed by atoms with Gasteiger partial charge in [0.2, 0.25) is 11.8 Å². The maximum atomic E-state index is 12.2. The normalized spacial score (nSPS) is 19.4. The molecule has 1 aliphatic rings. The molecule has 2 amide bonds. The van der Waals surface area contributed by atoms with E-state index in [2.05, 4.69) is 5.32 Å². The fourth-order valence-electron chi connectivity index (χ4n) is 2.23. The summed E-state index contributed by atoms with van der Waals surface area (Å²) in [5.74, 6) is -0.378. The maximum Gasteiger partial charge on any atom is 0.245 e. The van der Waals surface area contributed by atoms with Crippen molar-refractivity contribution in [3.8, 4) is 0 Å². The largest absolute Gasteiger partial charge is 0.343 e. The SMILES string of the molecule is C[C@H](N)C(=O)N[C@H]1Cc2ccccc2CN(C)C1=O.Cl. The van der Waals surface area contributed by atoms with Crippen LogP contribution in [-0.4, -0.2) is 35.8 Å². The second-order valence-corrected chi connectivity index (χ2v) is 5.02. The van der Waals surface area contributed by atoms with Gasteiger partial charge in [-0.1, -0.05) is 24.3 Å². The van der Waals surface area contributed by atoms with Crippen LogP contribution < -0.4 is 11.1 Å². The van der Waals surface area contributed by atoms with Crippen molar-refractivity contribution in [2.75, 3.05) is 7.05 Å². The first-order valence-corrected chi connectivity index (χ1v) is 6.36. The van der Waals surface area contributed by atoms with Gasteiger partial charge in [0, 0.05) is 20.0 Å². The lowest BCUT2D eigenvalue weighted by atomic mass is 10.0. The molecule has 0 spiro atoms. The number of rotatable bonds is 2. The molecule has 0 saturated carbocycles. The molecule has 0 radical (unpaired) electrons. The summed E-state index contributed by atoms with van der Waals surface area (Å²) in [6.07, 6.45) is 0.512. The van der Waals surface area contributed by atoms with Crippen molar-refractivity contribution in [3.05, 3.63) is 35.4 Å². The summed E-state index contributed by atoms with van der Waals surface area (Å²) < 4.78 is 0. The van der Waals surface area contributed by atoms with Gasteiger partial charge < -0.3 is 16.0 Å². The van der Waals surface area contributed by atoms with Crippen LogP contribution in [0.5, 0.6) is 0 Å². The number of nitrogens with zero attached hydrogens (tertiary/aromatic N) is 1. The monoisotopic (exact) mass is 297 g/mol. The van der Waals surface area contributed by atoms with Gasteiger partial charge in [0.25, 0.3) is 0 Å². The van der Waals surface area contributed by atoms with Crippen LogP contribution in [0.25, 0.3) is 0 Å². The molecule has 2 atom stereocenters. The zero-order valence-corrected chi connectivity index (χ0v) is 12.4. The molecule has 0 saturated heterocycles. The van der Waals surface area contributed by atoms with Crippen LogP contribution in [0, 0.1) is 0 Å². The summed E-state index contributed by atoms with van der Waals surface area (Å²) >= 11 is 0. The summed E-state index contributed by atoms with van der Waals surface area (Å²) in [7, 11) is 1.75. The minimum Gasteiger partial charge on any atom is -0.343 e. The highest BCUT2D eigenvalue weighted by molar-refractivity contribution is 5.90. The molecule has 0 aromatic heterocycles. The van der Waals surface area contributed by atoms with Crippen molar-refractivity contribution in [1.29, 1.82) is 0 Å². The average molecular weight is 298 g/mol. The van der Waals surface area contributed by atoms with E-state index in [0.717, 1.165) is 11.1 Å². The van der Waals surface area contributed by atoms with Gasteiger partial charge in [-0.2, -0.15) is 0 Å². The van der Waals surface area contributed by atoms with E-state index < -0.39 is 12.1 Å². The van der Waals surface area contributed by atoms with E-state index in [-0.39, 0.29) is 24.2 Å². The van der Waals surface area contributed by atoms with E-state index >= 15 is 0 Å². The number of benzene rings is 1. The van der Waals surface area contributed by atoms with E-state index in [9.17, 15) is 9.59 Å². The smallest absolute Gasteiger partial charge is 0.245 e. The Kier molecular flexibility index (Phi) is 5.53. The number of fused-ring (bicyclic) bond motifs is 1. The number of amides is 2. The minimum absolute atomic E-state index is 0. The Hall–Kier alpha value is -1.59. The third-order valence-corrected chi connectivity index (χ3v) is 3.35. The Balaban J connectivity index is 0.00000200. The number of likely N-dealkylation sites (N-methyl/N-ethyl adjacent to an activating group) is 1. The van der Waals surface area contributed by atoms with Crippen molar-refractivity contribution in [2.24, 2.45) is 5.73 Å². The molecule has 110 valence electrons. The molecule has 0 aliphatic carbocycles. The summed E-state index contributed by atoms with van der Waals surface area (Å²) in [5.41, 5.74) is 7.74. The molecule has 1 heterocycles. The molecule has 1 aliphatic heterocycles. The van der Waals surface area contributed by atoms with E-state index in [4.69, 9.17) is 5.73 Å². The summed E-state index contributed by atoms with van der Waals surface area (Å²) in [4.78, 5) is 25.6. The van der Waals surface area contributed by atoms with Crippen LogP contribution in [0.3, 0.4) is 0 Å². The van der Waals surface area contributed by atoms with Gasteiger partial charge in [-0.3, -0.25) is 9.59 Å². The van der Waals surface area contributed by atoms with Gasteiger partial charge in [0.15, 0.2) is 0 Å². The number of hydrogen-bond donors (Lipinski definition) is 2. The Bertz CT molecular complexity index is 505. The quantitative estimate of drug-likeness (QED) is 0.832. The Morgan fingerprint density at radius 1 is 1.40 bits per heavy atom. The highest BCUT2D eigenvalue weighted by atomic mass is 35.5. The highest BCUT2D eigenvalue weighted by Gasteiger charge is 2.29. The third kappa shape index (κ3) is 3.49. The number of carbonyl (C=O) groups is 2. The number of nitrogens with two attached hydrogens (primary N) is 1. The molecule has 1 aromatic rings. The van der Waals surface area contributed by atoms with E-state index in [1.54, 1.807) is 18.9 Å². The molecular weight excluding hydrogens is 278 g/mol.